The normalized spacial score (nSPS) is 24.2. The molecule has 1 saturated heterocycles. The van der Waals surface area contributed by atoms with Crippen molar-refractivity contribution in [1.29, 1.82) is 0 Å². The number of benzene rings is 1. The summed E-state index contributed by atoms with van der Waals surface area (Å²) in [7, 11) is 0. The molecule has 1 saturated carbocycles. The van der Waals surface area contributed by atoms with Crippen LogP contribution in [0.5, 0.6) is 0 Å². The fourth-order valence-corrected chi connectivity index (χ4v) is 3.42. The number of rotatable bonds is 6. The lowest BCUT2D eigenvalue weighted by molar-refractivity contribution is -0.135. The molecule has 1 aromatic rings. The molecule has 2 unspecified atom stereocenters. The number of carbonyl (C=O) groups excluding carboxylic acids is 1. The number of halogens is 2. The highest BCUT2D eigenvalue weighted by Crippen LogP contribution is 2.49. The Morgan fingerprint density at radius 3 is 2.75 bits per heavy atom. The number of hydrogen-bond acceptors (Lipinski definition) is 3. The molecule has 1 heterocycles. The predicted molar refractivity (Wildman–Crippen MR) is 86.4 cm³/mol. The summed E-state index contributed by atoms with van der Waals surface area (Å²) < 4.78 is 32.9. The minimum Gasteiger partial charge on any atom is -0.378 e. The number of amides is 1. The first-order valence-corrected chi connectivity index (χ1v) is 8.65. The fourth-order valence-electron chi connectivity index (χ4n) is 3.42. The molecule has 0 radical (unpaired) electrons. The van der Waals surface area contributed by atoms with Gasteiger partial charge in [0, 0.05) is 25.6 Å². The van der Waals surface area contributed by atoms with Crippen LogP contribution in [-0.4, -0.2) is 43.2 Å². The zero-order chi connectivity index (χ0) is 17.1. The van der Waals surface area contributed by atoms with Crippen molar-refractivity contribution in [2.24, 2.45) is 11.7 Å². The molecule has 2 N–H and O–H groups in total. The molecule has 0 bridgehead atoms. The lowest BCUT2D eigenvalue weighted by Gasteiger charge is -2.32. The molecule has 1 aliphatic heterocycles. The molecule has 2 fully saturated rings. The van der Waals surface area contributed by atoms with Crippen LogP contribution in [0.2, 0.25) is 0 Å². The van der Waals surface area contributed by atoms with E-state index in [0.29, 0.717) is 38.2 Å². The molecule has 1 amide bonds. The minimum absolute atomic E-state index is 0.0593. The maximum Gasteiger partial charge on any atom is 0.226 e. The summed E-state index contributed by atoms with van der Waals surface area (Å²) in [4.78, 5) is 14.4. The Balaban J connectivity index is 1.49. The van der Waals surface area contributed by atoms with Crippen LogP contribution in [0.4, 0.5) is 8.78 Å². The fraction of sp³-hybridized carbons (Fsp3) is 0.611. The molecule has 6 heteroatoms. The SMILES string of the molecule is NCCCOC1CCN(C(=O)C2CC2c2cc(F)ccc2F)CC1. The van der Waals surface area contributed by atoms with Crippen LogP contribution in [0.15, 0.2) is 18.2 Å². The van der Waals surface area contributed by atoms with Gasteiger partial charge in [0.2, 0.25) is 5.91 Å². The molecular weight excluding hydrogens is 314 g/mol. The first-order valence-electron chi connectivity index (χ1n) is 8.65. The molecule has 4 nitrogen and oxygen atoms in total. The molecule has 2 aliphatic rings. The van der Waals surface area contributed by atoms with Crippen molar-refractivity contribution in [3.8, 4) is 0 Å². The van der Waals surface area contributed by atoms with Crippen molar-refractivity contribution >= 4 is 5.91 Å². The van der Waals surface area contributed by atoms with Gasteiger partial charge >= 0.3 is 0 Å². The molecule has 3 rings (SSSR count). The smallest absolute Gasteiger partial charge is 0.226 e. The van der Waals surface area contributed by atoms with E-state index in [1.807, 2.05) is 4.90 Å². The zero-order valence-electron chi connectivity index (χ0n) is 13.7. The van der Waals surface area contributed by atoms with Crippen molar-refractivity contribution in [1.82, 2.24) is 4.90 Å². The number of nitrogens with zero attached hydrogens (tertiary/aromatic N) is 1. The molecule has 1 aliphatic carbocycles. The summed E-state index contributed by atoms with van der Waals surface area (Å²) in [6.45, 7) is 2.62. The highest BCUT2D eigenvalue weighted by atomic mass is 19.1. The Bertz CT molecular complexity index is 588. The van der Waals surface area contributed by atoms with Crippen molar-refractivity contribution in [3.05, 3.63) is 35.4 Å². The third kappa shape index (κ3) is 3.92. The minimum atomic E-state index is -0.458. The van der Waals surface area contributed by atoms with Gasteiger partial charge in [-0.25, -0.2) is 8.78 Å². The maximum atomic E-state index is 13.8. The molecule has 0 aromatic heterocycles. The van der Waals surface area contributed by atoms with E-state index in [1.165, 1.54) is 6.07 Å². The van der Waals surface area contributed by atoms with Crippen molar-refractivity contribution in [2.45, 2.75) is 37.7 Å². The van der Waals surface area contributed by atoms with E-state index < -0.39 is 11.6 Å². The van der Waals surface area contributed by atoms with Crippen LogP contribution in [0.1, 0.15) is 37.2 Å². The zero-order valence-corrected chi connectivity index (χ0v) is 13.7. The number of likely N-dealkylation sites (tertiary alicyclic amines) is 1. The van der Waals surface area contributed by atoms with Gasteiger partial charge in [0.05, 0.1) is 6.10 Å². The molecule has 0 spiro atoms. The van der Waals surface area contributed by atoms with E-state index in [2.05, 4.69) is 0 Å². The van der Waals surface area contributed by atoms with Crippen LogP contribution in [0.3, 0.4) is 0 Å². The van der Waals surface area contributed by atoms with Gasteiger partial charge < -0.3 is 15.4 Å². The van der Waals surface area contributed by atoms with Crippen LogP contribution in [0.25, 0.3) is 0 Å². The number of hydrogen-bond donors (Lipinski definition) is 1. The van der Waals surface area contributed by atoms with E-state index in [0.717, 1.165) is 31.4 Å². The molecule has 1 aromatic carbocycles. The van der Waals surface area contributed by atoms with Gasteiger partial charge in [-0.1, -0.05) is 0 Å². The molecule has 24 heavy (non-hydrogen) atoms. The largest absolute Gasteiger partial charge is 0.378 e. The van der Waals surface area contributed by atoms with Gasteiger partial charge in [-0.05, 0) is 61.9 Å². The Morgan fingerprint density at radius 1 is 1.29 bits per heavy atom. The summed E-state index contributed by atoms with van der Waals surface area (Å²) >= 11 is 0. The first kappa shape index (κ1) is 17.3. The van der Waals surface area contributed by atoms with Gasteiger partial charge in [0.1, 0.15) is 11.6 Å². The van der Waals surface area contributed by atoms with Crippen LogP contribution < -0.4 is 5.73 Å². The molecular formula is C18H24F2N2O2. The summed E-state index contributed by atoms with van der Waals surface area (Å²) in [5.41, 5.74) is 5.77. The van der Waals surface area contributed by atoms with Gasteiger partial charge in [0.25, 0.3) is 0 Å². The summed E-state index contributed by atoms with van der Waals surface area (Å²) in [6, 6.07) is 3.45. The Hall–Kier alpha value is -1.53. The van der Waals surface area contributed by atoms with E-state index in [4.69, 9.17) is 10.5 Å². The van der Waals surface area contributed by atoms with E-state index in [1.54, 1.807) is 0 Å². The predicted octanol–water partition coefficient (Wildman–Crippen LogP) is 2.42. The molecule has 2 atom stereocenters. The van der Waals surface area contributed by atoms with Gasteiger partial charge in [-0.15, -0.1) is 0 Å². The summed E-state index contributed by atoms with van der Waals surface area (Å²) in [6.07, 6.45) is 3.29. The van der Waals surface area contributed by atoms with Crippen LogP contribution in [0, 0.1) is 17.6 Å². The third-order valence-electron chi connectivity index (χ3n) is 4.92. The third-order valence-corrected chi connectivity index (χ3v) is 4.92. The molecule has 132 valence electrons. The average molecular weight is 338 g/mol. The number of ether oxygens (including phenoxy) is 1. The topological polar surface area (TPSA) is 55.6 Å². The quantitative estimate of drug-likeness (QED) is 0.811. The van der Waals surface area contributed by atoms with Crippen molar-refractivity contribution in [3.63, 3.8) is 0 Å². The second-order valence-corrected chi connectivity index (χ2v) is 6.65. The maximum absolute atomic E-state index is 13.8. The lowest BCUT2D eigenvalue weighted by atomic mass is 10.1. The van der Waals surface area contributed by atoms with Crippen molar-refractivity contribution < 1.29 is 18.3 Å². The Labute approximate surface area is 141 Å². The Morgan fingerprint density at radius 2 is 2.04 bits per heavy atom. The standard InChI is InChI=1S/C18H24F2N2O2/c19-12-2-3-17(20)15(10-12)14-11-16(14)18(23)22-7-4-13(5-8-22)24-9-1-6-21/h2-3,10,13-14,16H,1,4-9,11,21H2. The van der Waals surface area contributed by atoms with E-state index in [-0.39, 0.29) is 23.8 Å². The number of piperidine rings is 1. The highest BCUT2D eigenvalue weighted by molar-refractivity contribution is 5.83. The summed E-state index contributed by atoms with van der Waals surface area (Å²) in [5, 5.41) is 0. The summed E-state index contributed by atoms with van der Waals surface area (Å²) in [5.74, 6) is -1.23. The lowest BCUT2D eigenvalue weighted by Crippen LogP contribution is -2.42. The van der Waals surface area contributed by atoms with Gasteiger partial charge in [-0.3, -0.25) is 4.79 Å². The average Bonchev–Trinajstić information content (AvgIpc) is 3.38. The van der Waals surface area contributed by atoms with Crippen LogP contribution in [-0.2, 0) is 9.53 Å². The number of nitrogens with two attached hydrogens (primary N) is 1. The van der Waals surface area contributed by atoms with Gasteiger partial charge in [-0.2, -0.15) is 0 Å². The van der Waals surface area contributed by atoms with Gasteiger partial charge in [0.15, 0.2) is 0 Å². The first-order chi connectivity index (χ1) is 11.6. The number of carbonyl (C=O) groups is 1. The van der Waals surface area contributed by atoms with Crippen LogP contribution >= 0.6 is 0 Å². The van der Waals surface area contributed by atoms with E-state index in [9.17, 15) is 13.6 Å². The Kier molecular flexibility index (Phi) is 5.46. The second-order valence-electron chi connectivity index (χ2n) is 6.65. The monoisotopic (exact) mass is 338 g/mol. The second kappa shape index (κ2) is 7.57. The van der Waals surface area contributed by atoms with Crippen molar-refractivity contribution in [2.75, 3.05) is 26.2 Å². The highest BCUT2D eigenvalue weighted by Gasteiger charge is 2.47. The van der Waals surface area contributed by atoms with E-state index >= 15 is 0 Å².